The predicted octanol–water partition coefficient (Wildman–Crippen LogP) is 2.17. The van der Waals surface area contributed by atoms with Crippen LogP contribution in [0.5, 0.6) is 5.75 Å². The summed E-state index contributed by atoms with van der Waals surface area (Å²) in [7, 11) is 3.30. The molecule has 2 atom stereocenters. The van der Waals surface area contributed by atoms with Crippen LogP contribution in [0, 0.1) is 0 Å². The number of nitrogens with zero attached hydrogens (tertiary/aromatic N) is 1. The number of rotatable bonds is 4. The van der Waals surface area contributed by atoms with Crippen LogP contribution in [0.15, 0.2) is 23.1 Å². The molecule has 0 saturated heterocycles. The van der Waals surface area contributed by atoms with E-state index in [1.807, 2.05) is 13.8 Å². The largest absolute Gasteiger partial charge is 0.480 e. The molecule has 0 saturated carbocycles. The van der Waals surface area contributed by atoms with Gasteiger partial charge in [-0.05, 0) is 37.1 Å². The zero-order valence-corrected chi connectivity index (χ0v) is 13.7. The van der Waals surface area contributed by atoms with Crippen molar-refractivity contribution in [2.24, 2.45) is 0 Å². The molecule has 0 aliphatic carbocycles. The SMILES string of the molecule is CCC(C)N(C)C(=O)C1Cc2cc(S(=O)(=O)Cl)ccc2O1. The molecule has 1 amide bonds. The Hall–Kier alpha value is -1.27. The lowest BCUT2D eigenvalue weighted by Crippen LogP contribution is -2.43. The summed E-state index contributed by atoms with van der Waals surface area (Å²) in [5, 5.41) is 0. The van der Waals surface area contributed by atoms with Crippen LogP contribution >= 0.6 is 10.7 Å². The lowest BCUT2D eigenvalue weighted by atomic mass is 10.1. The van der Waals surface area contributed by atoms with Crippen molar-refractivity contribution >= 4 is 25.6 Å². The summed E-state index contributed by atoms with van der Waals surface area (Å²) in [6, 6.07) is 4.52. The van der Waals surface area contributed by atoms with Crippen molar-refractivity contribution in [2.45, 2.75) is 43.7 Å². The van der Waals surface area contributed by atoms with Gasteiger partial charge in [-0.2, -0.15) is 0 Å². The average molecular weight is 332 g/mol. The van der Waals surface area contributed by atoms with Gasteiger partial charge in [0.15, 0.2) is 6.10 Å². The van der Waals surface area contributed by atoms with Gasteiger partial charge >= 0.3 is 0 Å². The van der Waals surface area contributed by atoms with Gasteiger partial charge in [0, 0.05) is 30.2 Å². The number of carbonyl (C=O) groups is 1. The van der Waals surface area contributed by atoms with Crippen molar-refractivity contribution < 1.29 is 17.9 Å². The molecule has 7 heteroatoms. The summed E-state index contributed by atoms with van der Waals surface area (Å²) < 4.78 is 28.3. The van der Waals surface area contributed by atoms with Crippen molar-refractivity contribution in [1.82, 2.24) is 4.90 Å². The van der Waals surface area contributed by atoms with E-state index < -0.39 is 15.2 Å². The van der Waals surface area contributed by atoms with Crippen molar-refractivity contribution in [1.29, 1.82) is 0 Å². The van der Waals surface area contributed by atoms with Gasteiger partial charge in [-0.15, -0.1) is 0 Å². The molecule has 0 aromatic heterocycles. The second-order valence-electron chi connectivity index (χ2n) is 5.22. The molecule has 1 aromatic carbocycles. The second kappa shape index (κ2) is 5.85. The van der Waals surface area contributed by atoms with Gasteiger partial charge in [0.1, 0.15) is 5.75 Å². The van der Waals surface area contributed by atoms with Crippen LogP contribution < -0.4 is 4.74 Å². The Morgan fingerprint density at radius 2 is 2.19 bits per heavy atom. The highest BCUT2D eigenvalue weighted by Gasteiger charge is 2.33. The molecular formula is C14H18ClNO4S. The van der Waals surface area contributed by atoms with Crippen molar-refractivity contribution in [3.05, 3.63) is 23.8 Å². The maximum Gasteiger partial charge on any atom is 0.263 e. The first-order chi connectivity index (χ1) is 9.74. The molecule has 0 bridgehead atoms. The summed E-state index contributed by atoms with van der Waals surface area (Å²) in [6.45, 7) is 3.98. The number of halogens is 1. The number of amides is 1. The quantitative estimate of drug-likeness (QED) is 0.793. The zero-order valence-electron chi connectivity index (χ0n) is 12.2. The van der Waals surface area contributed by atoms with E-state index in [4.69, 9.17) is 15.4 Å². The summed E-state index contributed by atoms with van der Waals surface area (Å²) in [4.78, 5) is 14.0. The first kappa shape index (κ1) is 16.1. The normalized spacial score (nSPS) is 18.8. The second-order valence-corrected chi connectivity index (χ2v) is 7.79. The summed E-state index contributed by atoms with van der Waals surface area (Å²) >= 11 is 0. The number of benzene rings is 1. The third-order valence-electron chi connectivity index (χ3n) is 3.86. The number of hydrogen-bond donors (Lipinski definition) is 0. The van der Waals surface area contributed by atoms with E-state index in [0.29, 0.717) is 17.7 Å². The lowest BCUT2D eigenvalue weighted by Gasteiger charge is -2.26. The molecule has 1 aliphatic rings. The van der Waals surface area contributed by atoms with Gasteiger partial charge in [0.25, 0.3) is 15.0 Å². The third kappa shape index (κ3) is 3.32. The maximum atomic E-state index is 12.4. The fourth-order valence-corrected chi connectivity index (χ4v) is 3.03. The summed E-state index contributed by atoms with van der Waals surface area (Å²) in [6.07, 6.45) is 0.610. The highest BCUT2D eigenvalue weighted by Crippen LogP contribution is 2.32. The van der Waals surface area contributed by atoms with Gasteiger partial charge in [0.2, 0.25) is 0 Å². The molecule has 2 rings (SSSR count). The zero-order chi connectivity index (χ0) is 15.8. The van der Waals surface area contributed by atoms with Gasteiger partial charge in [-0.3, -0.25) is 4.79 Å². The monoisotopic (exact) mass is 331 g/mol. The van der Waals surface area contributed by atoms with Gasteiger partial charge in [-0.1, -0.05) is 6.92 Å². The van der Waals surface area contributed by atoms with Crippen molar-refractivity contribution in [2.75, 3.05) is 7.05 Å². The highest BCUT2D eigenvalue weighted by molar-refractivity contribution is 8.13. The maximum absolute atomic E-state index is 12.4. The molecule has 1 aliphatic heterocycles. The molecule has 2 unspecified atom stereocenters. The predicted molar refractivity (Wildman–Crippen MR) is 80.1 cm³/mol. The van der Waals surface area contributed by atoms with Crippen LogP contribution in [0.3, 0.4) is 0 Å². The van der Waals surface area contributed by atoms with Crippen LogP contribution in [0.4, 0.5) is 0 Å². The lowest BCUT2D eigenvalue weighted by molar-refractivity contribution is -0.138. The van der Waals surface area contributed by atoms with E-state index in [0.717, 1.165) is 6.42 Å². The van der Waals surface area contributed by atoms with Crippen LogP contribution in [0.2, 0.25) is 0 Å². The summed E-state index contributed by atoms with van der Waals surface area (Å²) in [5.74, 6) is 0.436. The Morgan fingerprint density at radius 1 is 1.52 bits per heavy atom. The number of carbonyl (C=O) groups excluding carboxylic acids is 1. The Labute approximate surface area is 129 Å². The van der Waals surface area contributed by atoms with Gasteiger partial charge < -0.3 is 9.64 Å². The van der Waals surface area contributed by atoms with Crippen LogP contribution in [-0.4, -0.2) is 38.4 Å². The minimum atomic E-state index is -3.77. The van der Waals surface area contributed by atoms with Crippen molar-refractivity contribution in [3.63, 3.8) is 0 Å². The van der Waals surface area contributed by atoms with Gasteiger partial charge in [-0.25, -0.2) is 8.42 Å². The minimum Gasteiger partial charge on any atom is -0.480 e. The van der Waals surface area contributed by atoms with E-state index >= 15 is 0 Å². The van der Waals surface area contributed by atoms with E-state index in [2.05, 4.69) is 0 Å². The Balaban J connectivity index is 2.18. The van der Waals surface area contributed by atoms with E-state index in [1.54, 1.807) is 18.0 Å². The number of ether oxygens (including phenoxy) is 1. The highest BCUT2D eigenvalue weighted by atomic mass is 35.7. The number of hydrogen-bond acceptors (Lipinski definition) is 4. The molecule has 1 heterocycles. The van der Waals surface area contributed by atoms with E-state index in [-0.39, 0.29) is 16.8 Å². The Morgan fingerprint density at radius 3 is 2.76 bits per heavy atom. The number of fused-ring (bicyclic) bond motifs is 1. The molecule has 0 N–H and O–H groups in total. The minimum absolute atomic E-state index is 0.0231. The molecule has 0 spiro atoms. The van der Waals surface area contributed by atoms with Gasteiger partial charge in [0.05, 0.1) is 4.90 Å². The Kier molecular flexibility index (Phi) is 4.49. The molecule has 1 aromatic rings. The van der Waals surface area contributed by atoms with Crippen LogP contribution in [-0.2, 0) is 20.3 Å². The fraction of sp³-hybridized carbons (Fsp3) is 0.500. The topological polar surface area (TPSA) is 63.7 Å². The molecule has 5 nitrogen and oxygen atoms in total. The molecular weight excluding hydrogens is 314 g/mol. The fourth-order valence-electron chi connectivity index (χ4n) is 2.23. The standard InChI is InChI=1S/C14H18ClNO4S/c1-4-9(2)16(3)14(17)13-8-10-7-11(21(15,18)19)5-6-12(10)20-13/h5-7,9,13H,4,8H2,1-3H3. The van der Waals surface area contributed by atoms with Crippen molar-refractivity contribution in [3.8, 4) is 5.75 Å². The average Bonchev–Trinajstić information content (AvgIpc) is 2.86. The molecule has 116 valence electrons. The van der Waals surface area contributed by atoms with Crippen LogP contribution in [0.25, 0.3) is 0 Å². The first-order valence-corrected chi connectivity index (χ1v) is 9.06. The first-order valence-electron chi connectivity index (χ1n) is 6.75. The third-order valence-corrected chi connectivity index (χ3v) is 5.21. The van der Waals surface area contributed by atoms with E-state index in [1.165, 1.54) is 12.1 Å². The van der Waals surface area contributed by atoms with Crippen LogP contribution in [0.1, 0.15) is 25.8 Å². The molecule has 21 heavy (non-hydrogen) atoms. The molecule has 0 radical (unpaired) electrons. The molecule has 0 fully saturated rings. The smallest absolute Gasteiger partial charge is 0.263 e. The van der Waals surface area contributed by atoms with E-state index in [9.17, 15) is 13.2 Å². The summed E-state index contributed by atoms with van der Waals surface area (Å²) in [5.41, 5.74) is 0.688. The number of likely N-dealkylation sites (N-methyl/N-ethyl adjacent to an activating group) is 1. The Bertz CT molecular complexity index is 659.